The molecule has 0 bridgehead atoms. The summed E-state index contributed by atoms with van der Waals surface area (Å²) in [5.41, 5.74) is 3.07. The van der Waals surface area contributed by atoms with Gasteiger partial charge in [-0.3, -0.25) is 14.2 Å². The number of carbonyl (C=O) groups is 1. The zero-order chi connectivity index (χ0) is 21.8. The largest absolute Gasteiger partial charge is 0.325 e. The Bertz CT molecular complexity index is 1290. The molecule has 0 fully saturated rings. The van der Waals surface area contributed by atoms with Crippen molar-refractivity contribution < 1.29 is 9.18 Å². The van der Waals surface area contributed by atoms with Gasteiger partial charge in [-0.1, -0.05) is 53.7 Å². The second-order valence-electron chi connectivity index (χ2n) is 7.13. The van der Waals surface area contributed by atoms with Crippen LogP contribution in [0.1, 0.15) is 11.1 Å². The predicted octanol–water partition coefficient (Wildman–Crippen LogP) is 4.62. The average molecular weight is 434 g/mol. The number of anilines is 1. The molecular weight excluding hydrogens is 413 g/mol. The molecule has 0 atom stereocenters. The number of hydrogen-bond donors (Lipinski definition) is 1. The van der Waals surface area contributed by atoms with E-state index in [2.05, 4.69) is 10.3 Å². The van der Waals surface area contributed by atoms with Crippen LogP contribution in [0.4, 0.5) is 10.1 Å². The Labute approximate surface area is 182 Å². The van der Waals surface area contributed by atoms with Gasteiger partial charge in [0.1, 0.15) is 5.82 Å². The van der Waals surface area contributed by atoms with Crippen molar-refractivity contribution in [2.45, 2.75) is 18.6 Å². The van der Waals surface area contributed by atoms with E-state index in [0.717, 1.165) is 11.1 Å². The van der Waals surface area contributed by atoms with Crippen molar-refractivity contribution in [2.75, 3.05) is 11.1 Å². The molecule has 1 amide bonds. The second kappa shape index (κ2) is 9.14. The molecule has 0 spiro atoms. The quantitative estimate of drug-likeness (QED) is 0.356. The third-order valence-electron chi connectivity index (χ3n) is 4.75. The summed E-state index contributed by atoms with van der Waals surface area (Å²) in [5, 5.41) is 3.73. The Balaban J connectivity index is 1.60. The molecule has 1 aromatic heterocycles. The van der Waals surface area contributed by atoms with Crippen LogP contribution < -0.4 is 10.9 Å². The number of nitrogens with one attached hydrogen (secondary N) is 1. The van der Waals surface area contributed by atoms with Gasteiger partial charge in [0.15, 0.2) is 5.16 Å². The van der Waals surface area contributed by atoms with Gasteiger partial charge in [-0.05, 0) is 48.9 Å². The number of benzene rings is 3. The SMILES string of the molecule is Cc1ccc(Cn2c(SCC(=O)Nc3ccc(F)cc3)nc3ccccc3c2=O)cc1. The number of halogens is 1. The maximum Gasteiger partial charge on any atom is 0.262 e. The van der Waals surface area contributed by atoms with E-state index in [1.54, 1.807) is 16.7 Å². The number of fused-ring (bicyclic) bond motifs is 1. The van der Waals surface area contributed by atoms with Crippen molar-refractivity contribution in [3.63, 3.8) is 0 Å². The van der Waals surface area contributed by atoms with E-state index >= 15 is 0 Å². The summed E-state index contributed by atoms with van der Waals surface area (Å²) >= 11 is 1.19. The van der Waals surface area contributed by atoms with Crippen LogP contribution in [0.5, 0.6) is 0 Å². The Morgan fingerprint density at radius 1 is 1.03 bits per heavy atom. The van der Waals surface area contributed by atoms with Gasteiger partial charge in [0.05, 0.1) is 23.2 Å². The summed E-state index contributed by atoms with van der Waals surface area (Å²) < 4.78 is 14.6. The fourth-order valence-corrected chi connectivity index (χ4v) is 3.93. The van der Waals surface area contributed by atoms with Crippen molar-refractivity contribution in [3.8, 4) is 0 Å². The highest BCUT2D eigenvalue weighted by molar-refractivity contribution is 7.99. The molecule has 1 N–H and O–H groups in total. The molecular formula is C24H20FN3O2S. The van der Waals surface area contributed by atoms with Crippen molar-refractivity contribution in [1.82, 2.24) is 9.55 Å². The Morgan fingerprint density at radius 2 is 1.74 bits per heavy atom. The molecule has 0 radical (unpaired) electrons. The van der Waals surface area contributed by atoms with Crippen LogP contribution in [0.3, 0.4) is 0 Å². The molecule has 7 heteroatoms. The second-order valence-corrected chi connectivity index (χ2v) is 8.07. The molecule has 0 saturated carbocycles. The minimum atomic E-state index is -0.368. The van der Waals surface area contributed by atoms with Crippen molar-refractivity contribution in [1.29, 1.82) is 0 Å². The third-order valence-corrected chi connectivity index (χ3v) is 5.72. The van der Waals surface area contributed by atoms with E-state index in [4.69, 9.17) is 0 Å². The minimum Gasteiger partial charge on any atom is -0.325 e. The van der Waals surface area contributed by atoms with Gasteiger partial charge in [0, 0.05) is 5.69 Å². The molecule has 0 unspecified atom stereocenters. The predicted molar refractivity (Wildman–Crippen MR) is 122 cm³/mol. The zero-order valence-corrected chi connectivity index (χ0v) is 17.7. The van der Waals surface area contributed by atoms with Crippen LogP contribution in [0.25, 0.3) is 10.9 Å². The smallest absolute Gasteiger partial charge is 0.262 e. The lowest BCUT2D eigenvalue weighted by atomic mass is 10.1. The van der Waals surface area contributed by atoms with Crippen LogP contribution in [0.2, 0.25) is 0 Å². The van der Waals surface area contributed by atoms with Gasteiger partial charge in [0.25, 0.3) is 5.56 Å². The van der Waals surface area contributed by atoms with Crippen LogP contribution in [0, 0.1) is 12.7 Å². The lowest BCUT2D eigenvalue weighted by Crippen LogP contribution is -2.25. The van der Waals surface area contributed by atoms with Gasteiger partial charge < -0.3 is 5.32 Å². The molecule has 0 aliphatic heterocycles. The van der Waals surface area contributed by atoms with E-state index in [0.29, 0.717) is 28.3 Å². The number of aryl methyl sites for hydroxylation is 1. The molecule has 31 heavy (non-hydrogen) atoms. The number of hydrogen-bond acceptors (Lipinski definition) is 4. The maximum atomic E-state index is 13.2. The van der Waals surface area contributed by atoms with Crippen molar-refractivity contribution in [3.05, 3.63) is 100 Å². The molecule has 4 aromatic rings. The number of amides is 1. The molecule has 0 aliphatic carbocycles. The lowest BCUT2D eigenvalue weighted by molar-refractivity contribution is -0.113. The summed E-state index contributed by atoms with van der Waals surface area (Å²) in [6, 6.07) is 20.7. The highest BCUT2D eigenvalue weighted by Crippen LogP contribution is 2.20. The van der Waals surface area contributed by atoms with E-state index in [-0.39, 0.29) is 23.0 Å². The van der Waals surface area contributed by atoms with Gasteiger partial charge in [-0.25, -0.2) is 9.37 Å². The molecule has 3 aromatic carbocycles. The summed E-state index contributed by atoms with van der Waals surface area (Å²) in [5.74, 6) is -0.565. The standard InChI is InChI=1S/C24H20FN3O2S/c1-16-6-8-17(9-7-16)14-28-23(30)20-4-2-3-5-21(20)27-24(28)31-15-22(29)26-19-12-10-18(25)11-13-19/h2-13H,14-15H2,1H3,(H,26,29). The van der Waals surface area contributed by atoms with Gasteiger partial charge in [0.2, 0.25) is 5.91 Å². The first kappa shape index (κ1) is 20.8. The molecule has 156 valence electrons. The van der Waals surface area contributed by atoms with E-state index in [9.17, 15) is 14.0 Å². The monoisotopic (exact) mass is 433 g/mol. The Hall–Kier alpha value is -3.45. The van der Waals surface area contributed by atoms with E-state index in [1.807, 2.05) is 43.3 Å². The van der Waals surface area contributed by atoms with Crippen molar-refractivity contribution in [2.24, 2.45) is 0 Å². The van der Waals surface area contributed by atoms with Gasteiger partial charge in [-0.15, -0.1) is 0 Å². The minimum absolute atomic E-state index is 0.0655. The number of rotatable bonds is 6. The summed E-state index contributed by atoms with van der Waals surface area (Å²) in [7, 11) is 0. The topological polar surface area (TPSA) is 64.0 Å². The fourth-order valence-electron chi connectivity index (χ4n) is 3.13. The summed E-state index contributed by atoms with van der Waals surface area (Å²) in [4.78, 5) is 30.2. The number of nitrogens with zero attached hydrogens (tertiary/aromatic N) is 2. The molecule has 4 rings (SSSR count). The van der Waals surface area contributed by atoms with Crippen LogP contribution in [0.15, 0.2) is 82.7 Å². The van der Waals surface area contributed by atoms with Crippen LogP contribution >= 0.6 is 11.8 Å². The lowest BCUT2D eigenvalue weighted by Gasteiger charge is -2.13. The van der Waals surface area contributed by atoms with Crippen LogP contribution in [-0.4, -0.2) is 21.2 Å². The third kappa shape index (κ3) is 5.00. The first-order chi connectivity index (χ1) is 15.0. The summed E-state index contributed by atoms with van der Waals surface area (Å²) in [6.07, 6.45) is 0. The molecule has 0 aliphatic rings. The zero-order valence-electron chi connectivity index (χ0n) is 16.8. The first-order valence-corrected chi connectivity index (χ1v) is 10.7. The molecule has 1 heterocycles. The van der Waals surface area contributed by atoms with Crippen molar-refractivity contribution >= 4 is 34.3 Å². The van der Waals surface area contributed by atoms with Gasteiger partial charge >= 0.3 is 0 Å². The number of para-hydroxylation sites is 1. The summed E-state index contributed by atoms with van der Waals surface area (Å²) in [6.45, 7) is 2.37. The molecule has 5 nitrogen and oxygen atoms in total. The number of carbonyl (C=O) groups excluding carboxylic acids is 1. The van der Waals surface area contributed by atoms with Crippen LogP contribution in [-0.2, 0) is 11.3 Å². The fraction of sp³-hybridized carbons (Fsp3) is 0.125. The number of thioether (sulfide) groups is 1. The molecule has 0 saturated heterocycles. The highest BCUT2D eigenvalue weighted by Gasteiger charge is 2.14. The number of aromatic nitrogens is 2. The van der Waals surface area contributed by atoms with E-state index < -0.39 is 0 Å². The Morgan fingerprint density at radius 3 is 2.48 bits per heavy atom. The Kier molecular flexibility index (Phi) is 6.13. The average Bonchev–Trinajstić information content (AvgIpc) is 2.77. The van der Waals surface area contributed by atoms with E-state index in [1.165, 1.54) is 36.0 Å². The van der Waals surface area contributed by atoms with Gasteiger partial charge in [-0.2, -0.15) is 0 Å². The normalized spacial score (nSPS) is 10.9. The highest BCUT2D eigenvalue weighted by atomic mass is 32.2. The first-order valence-electron chi connectivity index (χ1n) is 9.73. The maximum absolute atomic E-state index is 13.2.